The number of carbonyl (C=O) groups is 2. The number of hydrogen-bond acceptors (Lipinski definition) is 5. The topological polar surface area (TPSA) is 69.4 Å². The number of fused-ring (bicyclic) bond motifs is 1. The van der Waals surface area contributed by atoms with Crippen LogP contribution in [0.25, 0.3) is 0 Å². The van der Waals surface area contributed by atoms with Crippen LogP contribution in [0, 0.1) is 5.92 Å². The number of esters is 1. The predicted molar refractivity (Wildman–Crippen MR) is 63.4 cm³/mol. The van der Waals surface area contributed by atoms with Crippen molar-refractivity contribution in [3.05, 3.63) is 17.0 Å². The van der Waals surface area contributed by atoms with Crippen LogP contribution in [0.5, 0.6) is 0 Å². The average Bonchev–Trinajstić information content (AvgIpc) is 2.81. The van der Waals surface area contributed by atoms with Crippen molar-refractivity contribution in [1.29, 1.82) is 0 Å². The van der Waals surface area contributed by atoms with Crippen molar-refractivity contribution in [1.82, 2.24) is 5.16 Å². The van der Waals surface area contributed by atoms with E-state index in [2.05, 4.69) is 5.16 Å². The fraction of sp³-hybridized carbons (Fsp3) is 0.615. The van der Waals surface area contributed by atoms with Gasteiger partial charge in [0.25, 0.3) is 0 Å². The van der Waals surface area contributed by atoms with Gasteiger partial charge in [0.05, 0.1) is 24.3 Å². The molecule has 0 radical (unpaired) electrons. The largest absolute Gasteiger partial charge is 0.469 e. The molecule has 18 heavy (non-hydrogen) atoms. The number of hydrogen-bond donors (Lipinski definition) is 0. The number of ketones is 1. The van der Waals surface area contributed by atoms with Gasteiger partial charge in [0.15, 0.2) is 5.78 Å². The summed E-state index contributed by atoms with van der Waals surface area (Å²) in [6.45, 7) is 3.63. The fourth-order valence-electron chi connectivity index (χ4n) is 2.28. The molecule has 2 atom stereocenters. The molecule has 98 valence electrons. The van der Waals surface area contributed by atoms with Crippen LogP contribution in [-0.2, 0) is 16.0 Å². The van der Waals surface area contributed by atoms with E-state index in [4.69, 9.17) is 9.26 Å². The van der Waals surface area contributed by atoms with E-state index in [1.54, 1.807) is 6.92 Å². The summed E-state index contributed by atoms with van der Waals surface area (Å²) in [4.78, 5) is 23.5. The van der Waals surface area contributed by atoms with Gasteiger partial charge < -0.3 is 9.26 Å². The Morgan fingerprint density at radius 1 is 1.39 bits per heavy atom. The number of rotatable bonds is 3. The van der Waals surface area contributed by atoms with E-state index in [1.807, 2.05) is 6.92 Å². The first-order chi connectivity index (χ1) is 8.56. The molecule has 0 saturated carbocycles. The summed E-state index contributed by atoms with van der Waals surface area (Å²) in [5, 5.41) is 3.98. The van der Waals surface area contributed by atoms with Crippen LogP contribution in [0.15, 0.2) is 4.52 Å². The van der Waals surface area contributed by atoms with Crippen molar-refractivity contribution in [3.63, 3.8) is 0 Å². The Balaban J connectivity index is 2.32. The molecule has 0 aromatic carbocycles. The van der Waals surface area contributed by atoms with Crippen LogP contribution >= 0.6 is 0 Å². The SMILES string of the molecule is COC(=O)C(C)C(C)c1noc2c1C(=O)CCC2. The van der Waals surface area contributed by atoms with Crippen LogP contribution in [-0.4, -0.2) is 24.0 Å². The van der Waals surface area contributed by atoms with Gasteiger partial charge in [0, 0.05) is 18.8 Å². The second-order valence-electron chi connectivity index (χ2n) is 4.74. The number of nitrogens with zero attached hydrogens (tertiary/aromatic N) is 1. The van der Waals surface area contributed by atoms with E-state index >= 15 is 0 Å². The molecular weight excluding hydrogens is 234 g/mol. The van der Waals surface area contributed by atoms with Gasteiger partial charge in [0.2, 0.25) is 0 Å². The van der Waals surface area contributed by atoms with E-state index in [-0.39, 0.29) is 23.6 Å². The Kier molecular flexibility index (Phi) is 3.50. The molecule has 1 aromatic heterocycles. The van der Waals surface area contributed by atoms with Gasteiger partial charge in [-0.1, -0.05) is 19.0 Å². The molecule has 5 nitrogen and oxygen atoms in total. The fourth-order valence-corrected chi connectivity index (χ4v) is 2.28. The van der Waals surface area contributed by atoms with E-state index in [0.29, 0.717) is 23.4 Å². The molecular formula is C13H17NO4. The van der Waals surface area contributed by atoms with Crippen molar-refractivity contribution in [2.45, 2.75) is 39.0 Å². The summed E-state index contributed by atoms with van der Waals surface area (Å²) in [5.74, 6) is -0.116. The minimum Gasteiger partial charge on any atom is -0.469 e. The third-order valence-corrected chi connectivity index (χ3v) is 3.63. The van der Waals surface area contributed by atoms with Crippen molar-refractivity contribution < 1.29 is 18.8 Å². The Morgan fingerprint density at radius 2 is 2.11 bits per heavy atom. The molecule has 0 bridgehead atoms. The third-order valence-electron chi connectivity index (χ3n) is 3.63. The second-order valence-corrected chi connectivity index (χ2v) is 4.74. The molecule has 0 amide bonds. The number of aromatic nitrogens is 1. The molecule has 1 aliphatic rings. The van der Waals surface area contributed by atoms with Gasteiger partial charge in [-0.15, -0.1) is 0 Å². The summed E-state index contributed by atoms with van der Waals surface area (Å²) < 4.78 is 9.94. The maximum absolute atomic E-state index is 11.9. The quantitative estimate of drug-likeness (QED) is 0.769. The number of methoxy groups -OCH3 is 1. The summed E-state index contributed by atoms with van der Waals surface area (Å²) in [6.07, 6.45) is 2.08. The van der Waals surface area contributed by atoms with Crippen LogP contribution in [0.1, 0.15) is 54.4 Å². The lowest BCUT2D eigenvalue weighted by atomic mass is 9.86. The van der Waals surface area contributed by atoms with Gasteiger partial charge in [-0.3, -0.25) is 9.59 Å². The minimum absolute atomic E-state index is 0.0661. The number of aryl methyl sites for hydroxylation is 1. The van der Waals surface area contributed by atoms with E-state index in [0.717, 1.165) is 12.8 Å². The second kappa shape index (κ2) is 4.92. The molecule has 1 aromatic rings. The Labute approximate surface area is 105 Å². The van der Waals surface area contributed by atoms with Gasteiger partial charge >= 0.3 is 5.97 Å². The van der Waals surface area contributed by atoms with Gasteiger partial charge in [-0.25, -0.2) is 0 Å². The van der Waals surface area contributed by atoms with E-state index < -0.39 is 0 Å². The van der Waals surface area contributed by atoms with Crippen LogP contribution in [0.4, 0.5) is 0 Å². The van der Waals surface area contributed by atoms with Crippen molar-refractivity contribution in [3.8, 4) is 0 Å². The van der Waals surface area contributed by atoms with E-state index in [9.17, 15) is 9.59 Å². The first-order valence-electron chi connectivity index (χ1n) is 6.15. The molecule has 0 saturated heterocycles. The van der Waals surface area contributed by atoms with Crippen molar-refractivity contribution in [2.75, 3.05) is 7.11 Å². The minimum atomic E-state index is -0.348. The van der Waals surface area contributed by atoms with Crippen LogP contribution in [0.2, 0.25) is 0 Å². The highest BCUT2D eigenvalue weighted by Gasteiger charge is 2.33. The highest BCUT2D eigenvalue weighted by Crippen LogP contribution is 2.32. The van der Waals surface area contributed by atoms with Gasteiger partial charge in [-0.05, 0) is 6.42 Å². The maximum atomic E-state index is 11.9. The first kappa shape index (κ1) is 12.8. The zero-order chi connectivity index (χ0) is 13.3. The standard InChI is InChI=1S/C13H17NO4/c1-7(8(2)13(16)17-3)12-11-9(15)5-4-6-10(11)18-14-12/h7-8H,4-6H2,1-3H3. The number of carbonyl (C=O) groups excluding carboxylic acids is 2. The summed E-state index contributed by atoms with van der Waals surface area (Å²) >= 11 is 0. The predicted octanol–water partition coefficient (Wildman–Crippen LogP) is 2.11. The summed E-state index contributed by atoms with van der Waals surface area (Å²) in [7, 11) is 1.36. The molecule has 1 heterocycles. The van der Waals surface area contributed by atoms with Crippen molar-refractivity contribution >= 4 is 11.8 Å². The van der Waals surface area contributed by atoms with Gasteiger partial charge in [-0.2, -0.15) is 0 Å². The maximum Gasteiger partial charge on any atom is 0.309 e. The lowest BCUT2D eigenvalue weighted by molar-refractivity contribution is -0.145. The number of Topliss-reactive ketones (excluding diaryl/α,β-unsaturated/α-hetero) is 1. The normalized spacial score (nSPS) is 18.1. The summed E-state index contributed by atoms with van der Waals surface area (Å²) in [5.41, 5.74) is 1.18. The molecule has 0 N–H and O–H groups in total. The smallest absolute Gasteiger partial charge is 0.309 e. The Morgan fingerprint density at radius 3 is 2.78 bits per heavy atom. The average molecular weight is 251 g/mol. The zero-order valence-corrected chi connectivity index (χ0v) is 10.9. The highest BCUT2D eigenvalue weighted by molar-refractivity contribution is 5.99. The highest BCUT2D eigenvalue weighted by atomic mass is 16.5. The summed E-state index contributed by atoms with van der Waals surface area (Å²) in [6, 6.07) is 0. The van der Waals surface area contributed by atoms with Crippen LogP contribution < -0.4 is 0 Å². The molecule has 0 aliphatic heterocycles. The molecule has 1 aliphatic carbocycles. The van der Waals surface area contributed by atoms with Gasteiger partial charge in [0.1, 0.15) is 5.76 Å². The van der Waals surface area contributed by atoms with E-state index in [1.165, 1.54) is 7.11 Å². The molecule has 5 heteroatoms. The number of ether oxygens (including phenoxy) is 1. The third kappa shape index (κ3) is 2.05. The lowest BCUT2D eigenvalue weighted by Crippen LogP contribution is -2.21. The molecule has 0 spiro atoms. The molecule has 2 unspecified atom stereocenters. The first-order valence-corrected chi connectivity index (χ1v) is 6.15. The zero-order valence-electron chi connectivity index (χ0n) is 10.9. The Bertz CT molecular complexity index is 477. The Hall–Kier alpha value is -1.65. The van der Waals surface area contributed by atoms with Crippen LogP contribution in [0.3, 0.4) is 0 Å². The van der Waals surface area contributed by atoms with Crippen molar-refractivity contribution in [2.24, 2.45) is 5.92 Å². The molecule has 2 rings (SSSR count). The molecule has 0 fully saturated rings. The monoisotopic (exact) mass is 251 g/mol. The lowest BCUT2D eigenvalue weighted by Gasteiger charge is -2.17.